The van der Waals surface area contributed by atoms with Crippen molar-refractivity contribution in [1.29, 1.82) is 0 Å². The molecule has 1 heterocycles. The van der Waals surface area contributed by atoms with Gasteiger partial charge < -0.3 is 15.1 Å². The van der Waals surface area contributed by atoms with E-state index in [1.165, 1.54) is 16.7 Å². The lowest BCUT2D eigenvalue weighted by Gasteiger charge is -2.19. The maximum Gasteiger partial charge on any atom is 0.281 e. The second kappa shape index (κ2) is 8.01. The molecule has 1 aliphatic heterocycles. The average Bonchev–Trinajstić information content (AvgIpc) is 2.92. The molecule has 0 spiro atoms. The van der Waals surface area contributed by atoms with E-state index in [1.807, 2.05) is 31.2 Å². The fourth-order valence-electron chi connectivity index (χ4n) is 2.19. The van der Waals surface area contributed by atoms with Crippen LogP contribution in [-0.2, 0) is 9.59 Å². The van der Waals surface area contributed by atoms with E-state index in [0.29, 0.717) is 18.8 Å². The molecular weight excluding hydrogens is 314 g/mol. The van der Waals surface area contributed by atoms with E-state index in [9.17, 15) is 14.4 Å². The molecule has 7 heteroatoms. The summed E-state index contributed by atoms with van der Waals surface area (Å²) in [6, 6.07) is 7.47. The number of nitrogens with one attached hydrogen (secondary N) is 1. The normalized spacial score (nSPS) is 14.0. The molecule has 124 valence electrons. The molecule has 6 nitrogen and oxygen atoms in total. The van der Waals surface area contributed by atoms with Gasteiger partial charge in [0.2, 0.25) is 11.8 Å². The Morgan fingerprint density at radius 1 is 1.30 bits per heavy atom. The molecule has 1 aromatic carbocycles. The van der Waals surface area contributed by atoms with Crippen molar-refractivity contribution in [3.63, 3.8) is 0 Å². The topological polar surface area (TPSA) is 69.7 Å². The lowest BCUT2D eigenvalue weighted by molar-refractivity contribution is -0.133. The first-order valence-corrected chi connectivity index (χ1v) is 8.46. The first-order valence-electron chi connectivity index (χ1n) is 7.48. The molecule has 1 aromatic rings. The van der Waals surface area contributed by atoms with Crippen molar-refractivity contribution >= 4 is 34.5 Å². The van der Waals surface area contributed by atoms with Crippen LogP contribution < -0.4 is 5.32 Å². The van der Waals surface area contributed by atoms with Gasteiger partial charge >= 0.3 is 0 Å². The second-order valence-electron chi connectivity index (χ2n) is 5.52. The van der Waals surface area contributed by atoms with E-state index in [-0.39, 0.29) is 30.0 Å². The summed E-state index contributed by atoms with van der Waals surface area (Å²) in [4.78, 5) is 38.5. The molecular formula is C16H21N3O3S. The third kappa shape index (κ3) is 5.28. The minimum Gasteiger partial charge on any atom is -0.336 e. The van der Waals surface area contributed by atoms with Crippen LogP contribution >= 0.6 is 11.8 Å². The lowest BCUT2D eigenvalue weighted by Crippen LogP contribution is -2.37. The fraction of sp³-hybridized carbons (Fsp3) is 0.438. The van der Waals surface area contributed by atoms with Gasteiger partial charge in [0.1, 0.15) is 0 Å². The SMILES string of the molecule is Cc1ccc(NC(=O)CN(C)C(=O)CCN2CCSC2=O)cc1. The largest absolute Gasteiger partial charge is 0.336 e. The van der Waals surface area contributed by atoms with Crippen molar-refractivity contribution < 1.29 is 14.4 Å². The predicted octanol–water partition coefficient (Wildman–Crippen LogP) is 1.95. The Morgan fingerprint density at radius 3 is 2.61 bits per heavy atom. The van der Waals surface area contributed by atoms with E-state index in [2.05, 4.69) is 5.32 Å². The van der Waals surface area contributed by atoms with Gasteiger partial charge in [-0.1, -0.05) is 29.5 Å². The van der Waals surface area contributed by atoms with Crippen LogP contribution in [0.4, 0.5) is 10.5 Å². The number of likely N-dealkylation sites (N-methyl/N-ethyl adjacent to an activating group) is 1. The molecule has 1 fully saturated rings. The van der Waals surface area contributed by atoms with Crippen LogP contribution in [0.5, 0.6) is 0 Å². The van der Waals surface area contributed by atoms with Crippen molar-refractivity contribution in [2.24, 2.45) is 0 Å². The van der Waals surface area contributed by atoms with Crippen LogP contribution in [0.2, 0.25) is 0 Å². The van der Waals surface area contributed by atoms with Crippen LogP contribution in [0.25, 0.3) is 0 Å². The smallest absolute Gasteiger partial charge is 0.281 e. The van der Waals surface area contributed by atoms with E-state index in [1.54, 1.807) is 11.9 Å². The van der Waals surface area contributed by atoms with Crippen LogP contribution in [0.1, 0.15) is 12.0 Å². The van der Waals surface area contributed by atoms with Gasteiger partial charge in [0.15, 0.2) is 0 Å². The number of thioether (sulfide) groups is 1. The molecule has 0 bridgehead atoms. The molecule has 23 heavy (non-hydrogen) atoms. The summed E-state index contributed by atoms with van der Waals surface area (Å²) in [5.41, 5.74) is 1.83. The summed E-state index contributed by atoms with van der Waals surface area (Å²) < 4.78 is 0. The molecule has 1 saturated heterocycles. The number of anilines is 1. The number of rotatable bonds is 6. The Balaban J connectivity index is 1.75. The number of hydrogen-bond donors (Lipinski definition) is 1. The molecule has 2 rings (SSSR count). The van der Waals surface area contributed by atoms with Gasteiger partial charge in [-0.05, 0) is 19.1 Å². The third-order valence-corrected chi connectivity index (χ3v) is 4.47. The lowest BCUT2D eigenvalue weighted by atomic mass is 10.2. The van der Waals surface area contributed by atoms with Crippen molar-refractivity contribution in [1.82, 2.24) is 9.80 Å². The zero-order chi connectivity index (χ0) is 16.8. The van der Waals surface area contributed by atoms with Crippen molar-refractivity contribution in [2.45, 2.75) is 13.3 Å². The maximum atomic E-state index is 12.0. The zero-order valence-electron chi connectivity index (χ0n) is 13.4. The Labute approximate surface area is 140 Å². The highest BCUT2D eigenvalue weighted by Crippen LogP contribution is 2.17. The van der Waals surface area contributed by atoms with Gasteiger partial charge in [0.05, 0.1) is 6.54 Å². The van der Waals surface area contributed by atoms with Gasteiger partial charge in [-0.25, -0.2) is 0 Å². The fourth-order valence-corrected chi connectivity index (χ4v) is 3.04. The van der Waals surface area contributed by atoms with Gasteiger partial charge in [-0.2, -0.15) is 0 Å². The summed E-state index contributed by atoms with van der Waals surface area (Å²) in [5.74, 6) is 0.396. The van der Waals surface area contributed by atoms with Crippen LogP contribution in [0, 0.1) is 6.92 Å². The first kappa shape index (κ1) is 17.3. The maximum absolute atomic E-state index is 12.0. The summed E-state index contributed by atoms with van der Waals surface area (Å²) in [6.07, 6.45) is 0.237. The number of hydrogen-bond acceptors (Lipinski definition) is 4. The van der Waals surface area contributed by atoms with Gasteiger partial charge in [-0.15, -0.1) is 0 Å². The van der Waals surface area contributed by atoms with Gasteiger partial charge in [-0.3, -0.25) is 14.4 Å². The first-order chi connectivity index (χ1) is 11.0. The molecule has 0 aromatic heterocycles. The van der Waals surface area contributed by atoms with E-state index < -0.39 is 0 Å². The standard InChI is InChI=1S/C16H21N3O3S/c1-12-3-5-13(6-4-12)17-14(20)11-18(2)15(21)7-8-19-9-10-23-16(19)22/h3-6H,7-11H2,1-2H3,(H,17,20). The van der Waals surface area contributed by atoms with E-state index >= 15 is 0 Å². The number of nitrogens with zero attached hydrogens (tertiary/aromatic N) is 2. The Morgan fingerprint density at radius 2 is 2.00 bits per heavy atom. The zero-order valence-corrected chi connectivity index (χ0v) is 14.2. The quantitative estimate of drug-likeness (QED) is 0.863. The number of amides is 3. The molecule has 3 amide bonds. The van der Waals surface area contributed by atoms with Crippen LogP contribution in [-0.4, -0.2) is 59.3 Å². The third-order valence-electron chi connectivity index (χ3n) is 3.58. The highest BCUT2D eigenvalue weighted by atomic mass is 32.2. The number of carbonyl (C=O) groups is 3. The van der Waals surface area contributed by atoms with Crippen LogP contribution in [0.15, 0.2) is 24.3 Å². The molecule has 1 aliphatic rings. The average molecular weight is 335 g/mol. The van der Waals surface area contributed by atoms with E-state index in [0.717, 1.165) is 11.3 Å². The molecule has 0 aliphatic carbocycles. The molecule has 1 N–H and O–H groups in total. The Bertz CT molecular complexity index is 589. The molecule has 0 saturated carbocycles. The highest BCUT2D eigenvalue weighted by molar-refractivity contribution is 8.13. The van der Waals surface area contributed by atoms with E-state index in [4.69, 9.17) is 0 Å². The molecule has 0 unspecified atom stereocenters. The van der Waals surface area contributed by atoms with Crippen molar-refractivity contribution in [2.75, 3.05) is 37.8 Å². The highest BCUT2D eigenvalue weighted by Gasteiger charge is 2.22. The van der Waals surface area contributed by atoms with Crippen molar-refractivity contribution in [3.8, 4) is 0 Å². The minimum absolute atomic E-state index is 0.00456. The predicted molar refractivity (Wildman–Crippen MR) is 91.5 cm³/mol. The number of carbonyl (C=O) groups excluding carboxylic acids is 3. The van der Waals surface area contributed by atoms with Crippen LogP contribution in [0.3, 0.4) is 0 Å². The Hall–Kier alpha value is -2.02. The van der Waals surface area contributed by atoms with Gasteiger partial charge in [0.25, 0.3) is 5.24 Å². The van der Waals surface area contributed by atoms with Gasteiger partial charge in [0, 0.05) is 38.0 Å². The summed E-state index contributed by atoms with van der Waals surface area (Å²) >= 11 is 1.28. The summed E-state index contributed by atoms with van der Waals surface area (Å²) in [6.45, 7) is 3.07. The number of aryl methyl sites for hydroxylation is 1. The minimum atomic E-state index is -0.238. The second-order valence-corrected chi connectivity index (χ2v) is 6.56. The number of benzene rings is 1. The molecule has 0 radical (unpaired) electrons. The van der Waals surface area contributed by atoms with Crippen molar-refractivity contribution in [3.05, 3.63) is 29.8 Å². The molecule has 0 atom stereocenters. The monoisotopic (exact) mass is 335 g/mol. The Kier molecular flexibility index (Phi) is 6.04. The summed E-state index contributed by atoms with van der Waals surface area (Å²) in [5, 5.41) is 2.78. The summed E-state index contributed by atoms with van der Waals surface area (Å²) in [7, 11) is 1.59.